The normalized spacial score (nSPS) is 9.95. The molecule has 0 bridgehead atoms. The van der Waals surface area contributed by atoms with Crippen LogP contribution < -0.4 is 10.9 Å². The van der Waals surface area contributed by atoms with E-state index >= 15 is 0 Å². The molecule has 0 aliphatic carbocycles. The molecule has 21 heavy (non-hydrogen) atoms. The summed E-state index contributed by atoms with van der Waals surface area (Å²) >= 11 is 0. The van der Waals surface area contributed by atoms with E-state index in [1.54, 1.807) is 12.1 Å². The van der Waals surface area contributed by atoms with Crippen molar-refractivity contribution in [3.05, 3.63) is 69.8 Å². The molecular formula is C15H15N3O3. The van der Waals surface area contributed by atoms with E-state index in [4.69, 9.17) is 0 Å². The second kappa shape index (κ2) is 6.51. The van der Waals surface area contributed by atoms with E-state index in [0.29, 0.717) is 5.56 Å². The molecule has 0 spiro atoms. The van der Waals surface area contributed by atoms with Crippen LogP contribution in [-0.2, 0) is 11.2 Å². The van der Waals surface area contributed by atoms with E-state index in [-0.39, 0.29) is 18.0 Å². The molecule has 0 saturated heterocycles. The van der Waals surface area contributed by atoms with Gasteiger partial charge in [0.25, 0.3) is 5.69 Å². The number of anilines is 1. The first-order chi connectivity index (χ1) is 10.0. The summed E-state index contributed by atoms with van der Waals surface area (Å²) in [7, 11) is 0. The van der Waals surface area contributed by atoms with Crippen molar-refractivity contribution < 1.29 is 9.72 Å². The average molecular weight is 285 g/mol. The lowest BCUT2D eigenvalue weighted by molar-refractivity contribution is -0.384. The van der Waals surface area contributed by atoms with Gasteiger partial charge in [-0.1, -0.05) is 24.3 Å². The van der Waals surface area contributed by atoms with Crippen LogP contribution in [-0.4, -0.2) is 10.8 Å². The van der Waals surface area contributed by atoms with Crippen molar-refractivity contribution >= 4 is 17.3 Å². The Morgan fingerprint density at radius 3 is 2.52 bits per heavy atom. The van der Waals surface area contributed by atoms with Gasteiger partial charge in [-0.25, -0.2) is 0 Å². The molecule has 2 N–H and O–H groups in total. The van der Waals surface area contributed by atoms with Crippen molar-refractivity contribution in [2.75, 3.05) is 5.43 Å². The van der Waals surface area contributed by atoms with Gasteiger partial charge < -0.3 is 0 Å². The van der Waals surface area contributed by atoms with Crippen molar-refractivity contribution in [2.45, 2.75) is 13.3 Å². The molecule has 108 valence electrons. The van der Waals surface area contributed by atoms with Crippen molar-refractivity contribution in [1.82, 2.24) is 5.43 Å². The van der Waals surface area contributed by atoms with Crippen molar-refractivity contribution in [1.29, 1.82) is 0 Å². The van der Waals surface area contributed by atoms with Crippen LogP contribution >= 0.6 is 0 Å². The summed E-state index contributed by atoms with van der Waals surface area (Å²) in [5, 5.41) is 10.5. The zero-order valence-electron chi connectivity index (χ0n) is 11.5. The third kappa shape index (κ3) is 4.31. The average Bonchev–Trinajstić information content (AvgIpc) is 2.46. The van der Waals surface area contributed by atoms with Crippen LogP contribution in [0.5, 0.6) is 0 Å². The maximum Gasteiger partial charge on any atom is 0.269 e. The molecule has 0 heterocycles. The number of aryl methyl sites for hydroxylation is 1. The molecule has 0 aliphatic heterocycles. The molecule has 0 atom stereocenters. The van der Waals surface area contributed by atoms with Gasteiger partial charge >= 0.3 is 0 Å². The van der Waals surface area contributed by atoms with Crippen LogP contribution in [0.25, 0.3) is 0 Å². The molecule has 2 aromatic rings. The summed E-state index contributed by atoms with van der Waals surface area (Å²) in [6.45, 7) is 1.96. The zero-order chi connectivity index (χ0) is 15.2. The third-order valence-electron chi connectivity index (χ3n) is 2.88. The highest BCUT2D eigenvalue weighted by atomic mass is 16.6. The first-order valence-corrected chi connectivity index (χ1v) is 6.39. The highest BCUT2D eigenvalue weighted by Gasteiger charge is 2.07. The number of carbonyl (C=O) groups is 1. The van der Waals surface area contributed by atoms with Crippen LogP contribution in [0, 0.1) is 17.0 Å². The van der Waals surface area contributed by atoms with Gasteiger partial charge in [0.15, 0.2) is 0 Å². The van der Waals surface area contributed by atoms with E-state index < -0.39 is 4.92 Å². The number of rotatable bonds is 5. The fourth-order valence-electron chi connectivity index (χ4n) is 1.83. The third-order valence-corrected chi connectivity index (χ3v) is 2.88. The SMILES string of the molecule is Cc1cccc(NNC(=O)Cc2ccc([N+](=O)[O-])cc2)c1. The summed E-state index contributed by atoms with van der Waals surface area (Å²) in [4.78, 5) is 21.9. The Bertz CT molecular complexity index is 653. The van der Waals surface area contributed by atoms with Gasteiger partial charge in [-0.2, -0.15) is 0 Å². The van der Waals surface area contributed by atoms with E-state index in [9.17, 15) is 14.9 Å². The van der Waals surface area contributed by atoms with E-state index in [1.807, 2.05) is 31.2 Å². The van der Waals surface area contributed by atoms with E-state index in [0.717, 1.165) is 11.3 Å². The van der Waals surface area contributed by atoms with Gasteiger partial charge in [0.05, 0.1) is 17.0 Å². The number of benzene rings is 2. The number of hydrazine groups is 1. The molecule has 1 amide bonds. The van der Waals surface area contributed by atoms with Crippen molar-refractivity contribution in [2.24, 2.45) is 0 Å². The molecule has 6 heteroatoms. The molecule has 0 fully saturated rings. The van der Waals surface area contributed by atoms with Gasteiger partial charge in [0.1, 0.15) is 0 Å². The second-order valence-electron chi connectivity index (χ2n) is 4.64. The molecule has 0 saturated carbocycles. The summed E-state index contributed by atoms with van der Waals surface area (Å²) in [5.41, 5.74) is 8.03. The smallest absolute Gasteiger partial charge is 0.269 e. The molecular weight excluding hydrogens is 270 g/mol. The topological polar surface area (TPSA) is 84.3 Å². The van der Waals surface area contributed by atoms with Crippen molar-refractivity contribution in [3.8, 4) is 0 Å². The zero-order valence-corrected chi connectivity index (χ0v) is 11.5. The number of nitro benzene ring substituents is 1. The quantitative estimate of drug-likeness (QED) is 0.653. The molecule has 0 radical (unpaired) electrons. The van der Waals surface area contributed by atoms with E-state index in [2.05, 4.69) is 10.9 Å². The molecule has 0 unspecified atom stereocenters. The summed E-state index contributed by atoms with van der Waals surface area (Å²) in [5.74, 6) is -0.217. The number of nitrogens with one attached hydrogen (secondary N) is 2. The lowest BCUT2D eigenvalue weighted by Crippen LogP contribution is -2.30. The Morgan fingerprint density at radius 1 is 1.19 bits per heavy atom. The number of nitro groups is 1. The maximum absolute atomic E-state index is 11.8. The van der Waals surface area contributed by atoms with Gasteiger partial charge in [0, 0.05) is 12.1 Å². The van der Waals surface area contributed by atoms with Gasteiger partial charge in [-0.3, -0.25) is 25.8 Å². The van der Waals surface area contributed by atoms with Crippen molar-refractivity contribution in [3.63, 3.8) is 0 Å². The fourth-order valence-corrected chi connectivity index (χ4v) is 1.83. The van der Waals surface area contributed by atoms with Crippen LogP contribution in [0.1, 0.15) is 11.1 Å². The van der Waals surface area contributed by atoms with Gasteiger partial charge in [-0.05, 0) is 30.2 Å². The van der Waals surface area contributed by atoms with Crippen LogP contribution in [0.15, 0.2) is 48.5 Å². The fraction of sp³-hybridized carbons (Fsp3) is 0.133. The minimum absolute atomic E-state index is 0.0112. The Labute approximate surface area is 121 Å². The van der Waals surface area contributed by atoms with E-state index in [1.165, 1.54) is 12.1 Å². The lowest BCUT2D eigenvalue weighted by Gasteiger charge is -2.09. The van der Waals surface area contributed by atoms with Crippen LogP contribution in [0.2, 0.25) is 0 Å². The largest absolute Gasteiger partial charge is 0.299 e. The van der Waals surface area contributed by atoms with Gasteiger partial charge in [-0.15, -0.1) is 0 Å². The predicted octanol–water partition coefficient (Wildman–Crippen LogP) is 2.59. The minimum Gasteiger partial charge on any atom is -0.299 e. The highest BCUT2D eigenvalue weighted by molar-refractivity contribution is 5.79. The summed E-state index contributed by atoms with van der Waals surface area (Å²) in [6, 6.07) is 13.5. The summed E-state index contributed by atoms with van der Waals surface area (Å²) in [6.07, 6.45) is 0.150. The number of non-ortho nitro benzene ring substituents is 1. The first-order valence-electron chi connectivity index (χ1n) is 6.39. The number of amides is 1. The number of nitrogens with zero attached hydrogens (tertiary/aromatic N) is 1. The Balaban J connectivity index is 1.88. The number of hydrogen-bond donors (Lipinski definition) is 2. The molecule has 0 aliphatic rings. The minimum atomic E-state index is -0.469. The predicted molar refractivity (Wildman–Crippen MR) is 79.7 cm³/mol. The molecule has 6 nitrogen and oxygen atoms in total. The van der Waals surface area contributed by atoms with Crippen LogP contribution in [0.3, 0.4) is 0 Å². The van der Waals surface area contributed by atoms with Crippen LogP contribution in [0.4, 0.5) is 11.4 Å². The summed E-state index contributed by atoms with van der Waals surface area (Å²) < 4.78 is 0. The molecule has 2 rings (SSSR count). The molecule has 0 aromatic heterocycles. The Morgan fingerprint density at radius 2 is 1.90 bits per heavy atom. The highest BCUT2D eigenvalue weighted by Crippen LogP contribution is 2.12. The second-order valence-corrected chi connectivity index (χ2v) is 4.64. The number of hydrogen-bond acceptors (Lipinski definition) is 4. The first kappa shape index (κ1) is 14.5. The van der Waals surface area contributed by atoms with Gasteiger partial charge in [0.2, 0.25) is 5.91 Å². The maximum atomic E-state index is 11.8. The number of carbonyl (C=O) groups excluding carboxylic acids is 1. The Kier molecular flexibility index (Phi) is 4.50. The standard InChI is InChI=1S/C15H15N3O3/c1-11-3-2-4-13(9-11)16-17-15(19)10-12-5-7-14(8-6-12)18(20)21/h2-9,16H,10H2,1H3,(H,17,19). The molecule has 2 aromatic carbocycles. The monoisotopic (exact) mass is 285 g/mol. The Hall–Kier alpha value is -2.89. The lowest BCUT2D eigenvalue weighted by atomic mass is 10.1.